The summed E-state index contributed by atoms with van der Waals surface area (Å²) in [5.74, 6) is -0.822. The van der Waals surface area contributed by atoms with Crippen molar-refractivity contribution in [3.8, 4) is 6.07 Å². The Morgan fingerprint density at radius 2 is 1.95 bits per heavy atom. The number of hydrogen-bond acceptors (Lipinski definition) is 5. The summed E-state index contributed by atoms with van der Waals surface area (Å²) in [6, 6.07) is 14.6. The van der Waals surface area contributed by atoms with E-state index in [9.17, 15) is 18.0 Å². The highest BCUT2D eigenvalue weighted by Gasteiger charge is 2.34. The number of carbonyl (C=O) groups is 1. The van der Waals surface area contributed by atoms with Gasteiger partial charge in [-0.3, -0.25) is 4.79 Å². The smallest absolute Gasteiger partial charge is 0.363 e. The summed E-state index contributed by atoms with van der Waals surface area (Å²) in [6.07, 6.45) is 0.550. The summed E-state index contributed by atoms with van der Waals surface area (Å²) in [5.41, 5.74) is 7.53. The Balaban J connectivity index is 1.77. The lowest BCUT2D eigenvalue weighted by Gasteiger charge is -2.30. The molecule has 0 aliphatic rings. The normalized spacial score (nSPS) is 12.0. The van der Waals surface area contributed by atoms with Gasteiger partial charge in [0.1, 0.15) is 5.78 Å². The maximum atomic E-state index is 13.7. The third-order valence-corrected chi connectivity index (χ3v) is 6.95. The average molecular weight is 571 g/mol. The molecule has 40 heavy (non-hydrogen) atoms. The molecule has 3 rings (SSSR count). The van der Waals surface area contributed by atoms with E-state index < -0.39 is 17.7 Å². The number of nitriles is 1. The van der Waals surface area contributed by atoms with Crippen molar-refractivity contribution < 1.29 is 18.0 Å². The topological polar surface area (TPSA) is 100.0 Å². The van der Waals surface area contributed by atoms with Crippen LogP contribution in [0.1, 0.15) is 47.7 Å². The molecule has 0 aliphatic heterocycles. The number of halogens is 3. The Morgan fingerprint density at radius 3 is 2.60 bits per heavy atom. The van der Waals surface area contributed by atoms with Crippen LogP contribution in [0.5, 0.6) is 0 Å². The Kier molecular flexibility index (Phi) is 11.2. The molecular formula is C29H33F3N6OS. The molecule has 2 aromatic carbocycles. The van der Waals surface area contributed by atoms with Gasteiger partial charge < -0.3 is 20.5 Å². The number of hydrogen-bond donors (Lipinski definition) is 2. The van der Waals surface area contributed by atoms with Crippen LogP contribution in [0.25, 0.3) is 0 Å². The number of ketones is 1. The average Bonchev–Trinajstić information content (AvgIpc) is 3.37. The van der Waals surface area contributed by atoms with E-state index in [1.54, 1.807) is 35.6 Å². The van der Waals surface area contributed by atoms with Gasteiger partial charge in [0.05, 0.1) is 23.5 Å². The summed E-state index contributed by atoms with van der Waals surface area (Å²) >= 11 is 5.55. The van der Waals surface area contributed by atoms with Crippen LogP contribution in [0, 0.1) is 17.2 Å². The highest BCUT2D eigenvalue weighted by molar-refractivity contribution is 7.80. The van der Waals surface area contributed by atoms with Crippen molar-refractivity contribution in [2.45, 2.75) is 45.5 Å². The predicted octanol–water partition coefficient (Wildman–Crippen LogP) is 4.69. The van der Waals surface area contributed by atoms with Crippen LogP contribution in [0.3, 0.4) is 0 Å². The molecule has 0 fully saturated rings. The number of benzene rings is 2. The summed E-state index contributed by atoms with van der Waals surface area (Å²) in [7, 11) is 0. The fourth-order valence-corrected chi connectivity index (χ4v) is 4.50. The Labute approximate surface area is 237 Å². The highest BCUT2D eigenvalue weighted by atomic mass is 32.1. The van der Waals surface area contributed by atoms with Crippen molar-refractivity contribution in [3.05, 3.63) is 89.0 Å². The number of carbonyl (C=O) groups excluding carboxylic acids is 1. The van der Waals surface area contributed by atoms with E-state index >= 15 is 0 Å². The zero-order valence-electron chi connectivity index (χ0n) is 22.3. The van der Waals surface area contributed by atoms with E-state index in [1.807, 2.05) is 23.6 Å². The van der Waals surface area contributed by atoms with Gasteiger partial charge in [-0.1, -0.05) is 43.7 Å². The molecule has 3 N–H and O–H groups in total. The number of imidazole rings is 1. The van der Waals surface area contributed by atoms with Gasteiger partial charge in [0.2, 0.25) is 0 Å². The van der Waals surface area contributed by atoms with E-state index in [0.29, 0.717) is 24.3 Å². The Hall–Kier alpha value is -3.75. The fourth-order valence-electron chi connectivity index (χ4n) is 4.26. The van der Waals surface area contributed by atoms with Crippen LogP contribution in [-0.2, 0) is 30.5 Å². The van der Waals surface area contributed by atoms with Crippen molar-refractivity contribution >= 4 is 23.1 Å². The zero-order chi connectivity index (χ0) is 29.1. The highest BCUT2D eigenvalue weighted by Crippen LogP contribution is 2.32. The number of nitrogens with one attached hydrogen (secondary N) is 1. The lowest BCUT2D eigenvalue weighted by Crippen LogP contribution is -2.45. The Morgan fingerprint density at radius 1 is 1.23 bits per heavy atom. The first-order valence-corrected chi connectivity index (χ1v) is 13.5. The fraction of sp³-hybridized carbons (Fsp3) is 0.379. The number of rotatable bonds is 13. The standard InChI is InChI=1S/C29H33F3N6OS/c1-2-3-12-36-28(40)37(18-23-6-4-5-7-26(23)29(30,31)32)19-24(15-34)27(39)13-25-16-35-20-38(25)17-22-10-8-21(14-33)9-11-22/h4-11,16,20,24H,2-3,12-13,15,17-19,34H2,1H3,(H,36,40)/t24-/m0/s1. The number of Topliss-reactive ketones (excluding diaryl/α,β-unsaturated/α-hetero) is 1. The van der Waals surface area contributed by atoms with Crippen molar-refractivity contribution in [2.24, 2.45) is 11.7 Å². The van der Waals surface area contributed by atoms with E-state index in [1.165, 1.54) is 12.1 Å². The molecule has 0 spiro atoms. The van der Waals surface area contributed by atoms with Crippen molar-refractivity contribution in [2.75, 3.05) is 19.6 Å². The van der Waals surface area contributed by atoms with Crippen molar-refractivity contribution in [1.82, 2.24) is 19.8 Å². The first kappa shape index (κ1) is 30.8. The Bertz CT molecular complexity index is 1320. The van der Waals surface area contributed by atoms with Gasteiger partial charge in [0.15, 0.2) is 5.11 Å². The van der Waals surface area contributed by atoms with Crippen molar-refractivity contribution in [1.29, 1.82) is 5.26 Å². The van der Waals surface area contributed by atoms with Gasteiger partial charge in [-0.05, 0) is 48.0 Å². The lowest BCUT2D eigenvalue weighted by atomic mass is 9.99. The minimum Gasteiger partial charge on any atom is -0.363 e. The predicted molar refractivity (Wildman–Crippen MR) is 151 cm³/mol. The van der Waals surface area contributed by atoms with Gasteiger partial charge in [-0.2, -0.15) is 18.4 Å². The molecule has 1 atom stereocenters. The quantitative estimate of drug-likeness (QED) is 0.227. The third-order valence-electron chi connectivity index (χ3n) is 6.55. The molecule has 0 radical (unpaired) electrons. The maximum Gasteiger partial charge on any atom is 0.416 e. The summed E-state index contributed by atoms with van der Waals surface area (Å²) in [5, 5.41) is 12.4. The molecule has 7 nitrogen and oxygen atoms in total. The van der Waals surface area contributed by atoms with E-state index in [-0.39, 0.29) is 42.5 Å². The summed E-state index contributed by atoms with van der Waals surface area (Å²) in [6.45, 7) is 3.03. The van der Waals surface area contributed by atoms with Crippen LogP contribution in [0.2, 0.25) is 0 Å². The number of nitrogens with two attached hydrogens (primary N) is 1. The van der Waals surface area contributed by atoms with Crippen LogP contribution < -0.4 is 11.1 Å². The van der Waals surface area contributed by atoms with E-state index in [2.05, 4.69) is 16.4 Å². The second-order valence-corrected chi connectivity index (χ2v) is 9.90. The molecule has 212 valence electrons. The minimum atomic E-state index is -4.52. The number of unbranched alkanes of at least 4 members (excludes halogenated alkanes) is 1. The molecule has 11 heteroatoms. The van der Waals surface area contributed by atoms with Gasteiger partial charge in [0.25, 0.3) is 0 Å². The molecule has 0 bridgehead atoms. The van der Waals surface area contributed by atoms with Crippen LogP contribution in [0.4, 0.5) is 13.2 Å². The molecular weight excluding hydrogens is 537 g/mol. The molecule has 0 saturated heterocycles. The van der Waals surface area contributed by atoms with Crippen LogP contribution in [0.15, 0.2) is 61.1 Å². The van der Waals surface area contributed by atoms with Crippen LogP contribution in [-0.4, -0.2) is 45.0 Å². The molecule has 3 aromatic rings. The minimum absolute atomic E-state index is 0.0115. The monoisotopic (exact) mass is 570 g/mol. The van der Waals surface area contributed by atoms with Gasteiger partial charge in [0, 0.05) is 57.0 Å². The third kappa shape index (κ3) is 8.63. The maximum absolute atomic E-state index is 13.7. The summed E-state index contributed by atoms with van der Waals surface area (Å²) in [4.78, 5) is 19.2. The largest absolute Gasteiger partial charge is 0.416 e. The van der Waals surface area contributed by atoms with E-state index in [0.717, 1.165) is 24.5 Å². The first-order valence-electron chi connectivity index (χ1n) is 13.0. The molecule has 0 saturated carbocycles. The second kappa shape index (κ2) is 14.6. The molecule has 0 amide bonds. The lowest BCUT2D eigenvalue weighted by molar-refractivity contribution is -0.138. The number of alkyl halides is 3. The van der Waals surface area contributed by atoms with Gasteiger partial charge >= 0.3 is 6.18 Å². The van der Waals surface area contributed by atoms with E-state index in [4.69, 9.17) is 23.2 Å². The first-order chi connectivity index (χ1) is 19.2. The number of thiocarbonyl (C=S) groups is 1. The second-order valence-electron chi connectivity index (χ2n) is 9.52. The van der Waals surface area contributed by atoms with Crippen molar-refractivity contribution in [3.63, 3.8) is 0 Å². The zero-order valence-corrected chi connectivity index (χ0v) is 23.1. The molecule has 0 unspecified atom stereocenters. The molecule has 0 aliphatic carbocycles. The van der Waals surface area contributed by atoms with Gasteiger partial charge in [-0.25, -0.2) is 4.98 Å². The number of aromatic nitrogens is 2. The van der Waals surface area contributed by atoms with Crippen LogP contribution >= 0.6 is 12.2 Å². The SMILES string of the molecule is CCCCNC(=S)N(Cc1ccccc1C(F)(F)F)C[C@H](CN)C(=O)Cc1cncn1Cc1ccc(C#N)cc1. The molecule has 1 heterocycles. The summed E-state index contributed by atoms with van der Waals surface area (Å²) < 4.78 is 42.9. The molecule has 1 aromatic heterocycles. The van der Waals surface area contributed by atoms with Gasteiger partial charge in [-0.15, -0.1) is 0 Å². The number of nitrogens with zero attached hydrogens (tertiary/aromatic N) is 4.